The third kappa shape index (κ3) is 2.01. The molecule has 1 N–H and O–H groups in total. The number of nitrogens with zero attached hydrogens (tertiary/aromatic N) is 1. The van der Waals surface area contributed by atoms with E-state index in [1.807, 2.05) is 11.9 Å². The van der Waals surface area contributed by atoms with Gasteiger partial charge >= 0.3 is 0 Å². The molecule has 0 aromatic rings. The first-order chi connectivity index (χ1) is 7.24. The van der Waals surface area contributed by atoms with Gasteiger partial charge in [0.1, 0.15) is 0 Å². The fraction of sp³-hybridized carbons (Fsp3) is 0.909. The number of rotatable bonds is 3. The lowest BCUT2D eigenvalue weighted by molar-refractivity contribution is -0.133. The number of likely N-dealkylation sites (N-methyl/N-ethyl adjacent to an activating group) is 1. The maximum absolute atomic E-state index is 11.9. The maximum Gasteiger partial charge on any atom is 0.240 e. The topological polar surface area (TPSA) is 41.6 Å². The van der Waals surface area contributed by atoms with Crippen LogP contribution in [-0.4, -0.2) is 49.2 Å². The van der Waals surface area contributed by atoms with E-state index in [0.29, 0.717) is 0 Å². The van der Waals surface area contributed by atoms with Gasteiger partial charge in [0.15, 0.2) is 0 Å². The van der Waals surface area contributed by atoms with Gasteiger partial charge in [-0.2, -0.15) is 0 Å². The minimum Gasteiger partial charge on any atom is -0.376 e. The second kappa shape index (κ2) is 4.49. The minimum absolute atomic E-state index is 0.0221. The summed E-state index contributed by atoms with van der Waals surface area (Å²) in [7, 11) is 1.85. The zero-order valence-corrected chi connectivity index (χ0v) is 9.53. The molecule has 2 heterocycles. The molecule has 2 fully saturated rings. The quantitative estimate of drug-likeness (QED) is 0.735. The molecule has 4 nitrogen and oxygen atoms in total. The van der Waals surface area contributed by atoms with Crippen LogP contribution in [0.1, 0.15) is 26.2 Å². The molecule has 4 heteroatoms. The second-order valence-corrected chi connectivity index (χ2v) is 4.45. The zero-order chi connectivity index (χ0) is 10.8. The number of likely N-dealkylation sites (tertiary alicyclic amines) is 1. The number of ether oxygens (including phenoxy) is 1. The van der Waals surface area contributed by atoms with Crippen LogP contribution in [0.25, 0.3) is 0 Å². The molecular formula is C11H20N2O2. The van der Waals surface area contributed by atoms with Crippen LogP contribution in [0.3, 0.4) is 0 Å². The summed E-state index contributed by atoms with van der Waals surface area (Å²) in [6.45, 7) is 3.82. The Morgan fingerprint density at radius 2 is 2.33 bits per heavy atom. The highest BCUT2D eigenvalue weighted by Crippen LogP contribution is 2.23. The summed E-state index contributed by atoms with van der Waals surface area (Å²) in [4.78, 5) is 13.9. The fourth-order valence-electron chi connectivity index (χ4n) is 2.56. The van der Waals surface area contributed by atoms with Gasteiger partial charge in [-0.25, -0.2) is 0 Å². The van der Waals surface area contributed by atoms with Crippen LogP contribution in [0.4, 0.5) is 0 Å². The van der Waals surface area contributed by atoms with Crippen molar-refractivity contribution in [3.63, 3.8) is 0 Å². The molecule has 86 valence electrons. The molecule has 0 bridgehead atoms. The van der Waals surface area contributed by atoms with E-state index in [1.54, 1.807) is 0 Å². The van der Waals surface area contributed by atoms with E-state index >= 15 is 0 Å². The Balaban J connectivity index is 1.95. The van der Waals surface area contributed by atoms with E-state index in [4.69, 9.17) is 4.74 Å². The first-order valence-electron chi connectivity index (χ1n) is 5.83. The number of nitrogens with one attached hydrogen (secondary N) is 1. The van der Waals surface area contributed by atoms with Crippen LogP contribution in [0.2, 0.25) is 0 Å². The van der Waals surface area contributed by atoms with Gasteiger partial charge in [-0.15, -0.1) is 0 Å². The normalized spacial score (nSPS) is 33.7. The fourth-order valence-corrected chi connectivity index (χ4v) is 2.56. The van der Waals surface area contributed by atoms with Crippen molar-refractivity contribution in [1.82, 2.24) is 10.2 Å². The van der Waals surface area contributed by atoms with Crippen molar-refractivity contribution in [2.75, 3.05) is 20.2 Å². The van der Waals surface area contributed by atoms with Gasteiger partial charge in [0.2, 0.25) is 5.91 Å². The molecule has 2 saturated heterocycles. The molecular weight excluding hydrogens is 192 g/mol. The zero-order valence-electron chi connectivity index (χ0n) is 9.53. The van der Waals surface area contributed by atoms with E-state index in [-0.39, 0.29) is 24.1 Å². The van der Waals surface area contributed by atoms with Crippen molar-refractivity contribution >= 4 is 5.91 Å². The van der Waals surface area contributed by atoms with Crippen LogP contribution in [0.15, 0.2) is 0 Å². The highest BCUT2D eigenvalue weighted by atomic mass is 16.5. The van der Waals surface area contributed by atoms with E-state index < -0.39 is 0 Å². The van der Waals surface area contributed by atoms with Gasteiger partial charge in [0.25, 0.3) is 0 Å². The highest BCUT2D eigenvalue weighted by Gasteiger charge is 2.37. The Morgan fingerprint density at radius 1 is 1.53 bits per heavy atom. The summed E-state index contributed by atoms with van der Waals surface area (Å²) in [5.74, 6) is 0.237. The largest absolute Gasteiger partial charge is 0.376 e. The lowest BCUT2D eigenvalue weighted by Gasteiger charge is -2.29. The van der Waals surface area contributed by atoms with Crippen LogP contribution in [0.5, 0.6) is 0 Å². The van der Waals surface area contributed by atoms with Crippen molar-refractivity contribution in [1.29, 1.82) is 0 Å². The molecule has 1 amide bonds. The van der Waals surface area contributed by atoms with Gasteiger partial charge in [-0.05, 0) is 33.2 Å². The Hall–Kier alpha value is -0.610. The van der Waals surface area contributed by atoms with E-state index in [1.165, 1.54) is 0 Å². The van der Waals surface area contributed by atoms with Crippen LogP contribution < -0.4 is 5.32 Å². The minimum atomic E-state index is 0.0221. The number of hydrogen-bond acceptors (Lipinski definition) is 3. The predicted molar refractivity (Wildman–Crippen MR) is 57.6 cm³/mol. The molecule has 0 aromatic carbocycles. The van der Waals surface area contributed by atoms with Crippen LogP contribution >= 0.6 is 0 Å². The smallest absolute Gasteiger partial charge is 0.240 e. The van der Waals surface area contributed by atoms with E-state index in [2.05, 4.69) is 12.2 Å². The molecule has 2 aliphatic rings. The van der Waals surface area contributed by atoms with Crippen molar-refractivity contribution in [2.45, 2.75) is 44.4 Å². The monoisotopic (exact) mass is 212 g/mol. The number of hydrogen-bond donors (Lipinski definition) is 1. The molecule has 2 rings (SSSR count). The molecule has 2 aliphatic heterocycles. The average molecular weight is 212 g/mol. The maximum atomic E-state index is 11.9. The number of carbonyl (C=O) groups excluding carboxylic acids is 1. The highest BCUT2D eigenvalue weighted by molar-refractivity contribution is 5.84. The summed E-state index contributed by atoms with van der Waals surface area (Å²) in [5, 5.41) is 3.06. The van der Waals surface area contributed by atoms with Gasteiger partial charge in [-0.1, -0.05) is 0 Å². The van der Waals surface area contributed by atoms with E-state index in [0.717, 1.165) is 32.4 Å². The summed E-state index contributed by atoms with van der Waals surface area (Å²) >= 11 is 0. The molecule has 0 aliphatic carbocycles. The molecule has 3 atom stereocenters. The first-order valence-corrected chi connectivity index (χ1v) is 5.83. The van der Waals surface area contributed by atoms with Gasteiger partial charge in [-0.3, -0.25) is 4.79 Å². The van der Waals surface area contributed by atoms with Gasteiger partial charge in [0, 0.05) is 13.2 Å². The molecule has 0 radical (unpaired) electrons. The van der Waals surface area contributed by atoms with Crippen molar-refractivity contribution in [3.8, 4) is 0 Å². The van der Waals surface area contributed by atoms with Crippen LogP contribution in [0, 0.1) is 0 Å². The first kappa shape index (κ1) is 10.9. The molecule has 15 heavy (non-hydrogen) atoms. The molecule has 0 saturated carbocycles. The molecule has 3 unspecified atom stereocenters. The Bertz CT molecular complexity index is 239. The third-order valence-electron chi connectivity index (χ3n) is 3.58. The van der Waals surface area contributed by atoms with Crippen molar-refractivity contribution in [2.24, 2.45) is 0 Å². The van der Waals surface area contributed by atoms with Crippen molar-refractivity contribution in [3.05, 3.63) is 0 Å². The van der Waals surface area contributed by atoms with Gasteiger partial charge < -0.3 is 15.0 Å². The number of carbonyl (C=O) groups is 1. The average Bonchev–Trinajstić information content (AvgIpc) is 2.85. The molecule has 0 aromatic heterocycles. The summed E-state index contributed by atoms with van der Waals surface area (Å²) in [5.41, 5.74) is 0. The molecule has 0 spiro atoms. The summed E-state index contributed by atoms with van der Waals surface area (Å²) < 4.78 is 5.63. The lowest BCUT2D eigenvalue weighted by atomic mass is 10.1. The Morgan fingerprint density at radius 3 is 2.87 bits per heavy atom. The number of amides is 1. The van der Waals surface area contributed by atoms with Crippen LogP contribution in [-0.2, 0) is 9.53 Å². The second-order valence-electron chi connectivity index (χ2n) is 4.45. The SMILES string of the molecule is CNC1CCN(C(C)C2CCCO2)C1=O. The van der Waals surface area contributed by atoms with E-state index in [9.17, 15) is 4.79 Å². The Labute approximate surface area is 91.0 Å². The lowest BCUT2D eigenvalue weighted by Crippen LogP contribution is -2.45. The standard InChI is InChI=1S/C11H20N2O2/c1-8(10-4-3-7-15-10)13-6-5-9(12-2)11(13)14/h8-10,12H,3-7H2,1-2H3. The summed E-state index contributed by atoms with van der Waals surface area (Å²) in [6.07, 6.45) is 3.40. The summed E-state index contributed by atoms with van der Waals surface area (Å²) in [6, 6.07) is 0.257. The Kier molecular flexibility index (Phi) is 3.26. The van der Waals surface area contributed by atoms with Gasteiger partial charge in [0.05, 0.1) is 18.2 Å². The third-order valence-corrected chi connectivity index (χ3v) is 3.58. The predicted octanol–water partition coefficient (Wildman–Crippen LogP) is 0.374. The van der Waals surface area contributed by atoms with Crippen molar-refractivity contribution < 1.29 is 9.53 Å².